The number of hydrogen-bond donors (Lipinski definition) is 1. The number of hydrogen-bond acceptors (Lipinski definition) is 4. The molecular formula is C20H31FN6O. The fourth-order valence-electron chi connectivity index (χ4n) is 2.76. The summed E-state index contributed by atoms with van der Waals surface area (Å²) in [4.78, 5) is 8.98. The maximum Gasteiger partial charge on any atom is 0.193 e. The summed E-state index contributed by atoms with van der Waals surface area (Å²) in [5.41, 5.74) is 1.13. The van der Waals surface area contributed by atoms with Gasteiger partial charge in [-0.15, -0.1) is 0 Å². The molecule has 1 heterocycles. The van der Waals surface area contributed by atoms with E-state index in [1.165, 1.54) is 12.1 Å². The fourth-order valence-corrected chi connectivity index (χ4v) is 2.76. The Kier molecular flexibility index (Phi) is 8.25. The van der Waals surface area contributed by atoms with Gasteiger partial charge in [0.05, 0.1) is 25.3 Å². The van der Waals surface area contributed by atoms with Crippen LogP contribution < -0.4 is 10.1 Å². The molecule has 2 rings (SSSR count). The Morgan fingerprint density at radius 1 is 1.29 bits per heavy atom. The number of aliphatic imine (C=N–C) groups is 1. The van der Waals surface area contributed by atoms with Gasteiger partial charge in [-0.25, -0.2) is 4.39 Å². The first-order valence-electron chi connectivity index (χ1n) is 9.43. The molecule has 0 saturated carbocycles. The van der Waals surface area contributed by atoms with Gasteiger partial charge in [0, 0.05) is 32.4 Å². The van der Waals surface area contributed by atoms with E-state index in [0.29, 0.717) is 25.4 Å². The van der Waals surface area contributed by atoms with Gasteiger partial charge in [0.15, 0.2) is 5.96 Å². The molecule has 28 heavy (non-hydrogen) atoms. The minimum atomic E-state index is -0.268. The molecule has 0 bridgehead atoms. The van der Waals surface area contributed by atoms with Crippen LogP contribution in [0.4, 0.5) is 4.39 Å². The average molecular weight is 391 g/mol. The van der Waals surface area contributed by atoms with Crippen LogP contribution in [0.25, 0.3) is 0 Å². The third-order valence-electron chi connectivity index (χ3n) is 4.35. The highest BCUT2D eigenvalue weighted by Gasteiger charge is 2.16. The Bertz CT molecular complexity index is 743. The summed E-state index contributed by atoms with van der Waals surface area (Å²) < 4.78 is 20.5. The number of nitrogens with zero attached hydrogens (tertiary/aromatic N) is 5. The van der Waals surface area contributed by atoms with E-state index in [-0.39, 0.29) is 11.9 Å². The molecule has 0 radical (unpaired) electrons. The van der Waals surface area contributed by atoms with Gasteiger partial charge in [0.1, 0.15) is 18.2 Å². The van der Waals surface area contributed by atoms with E-state index < -0.39 is 0 Å². The molecule has 1 atom stereocenters. The molecule has 1 aromatic heterocycles. The summed E-state index contributed by atoms with van der Waals surface area (Å²) >= 11 is 0. The monoisotopic (exact) mass is 390 g/mol. The summed E-state index contributed by atoms with van der Waals surface area (Å²) in [6.07, 6.45) is 3.90. The lowest BCUT2D eigenvalue weighted by atomic mass is 10.1. The number of rotatable bonds is 9. The molecule has 1 N–H and O–H groups in total. The van der Waals surface area contributed by atoms with Crippen LogP contribution in [-0.2, 0) is 7.05 Å². The van der Waals surface area contributed by atoms with Gasteiger partial charge in [0.25, 0.3) is 0 Å². The third kappa shape index (κ3) is 6.53. The highest BCUT2D eigenvalue weighted by Crippen LogP contribution is 2.17. The third-order valence-corrected chi connectivity index (χ3v) is 4.35. The van der Waals surface area contributed by atoms with Gasteiger partial charge >= 0.3 is 0 Å². The maximum absolute atomic E-state index is 13.0. The van der Waals surface area contributed by atoms with Crippen LogP contribution in [0.3, 0.4) is 0 Å². The van der Waals surface area contributed by atoms with Crippen LogP contribution in [0, 0.1) is 5.82 Å². The van der Waals surface area contributed by atoms with Gasteiger partial charge in [-0.05, 0) is 45.3 Å². The molecule has 0 spiro atoms. The first kappa shape index (κ1) is 21.7. The molecule has 0 aliphatic heterocycles. The fraction of sp³-hybridized carbons (Fsp3) is 0.500. The minimum Gasteiger partial charge on any atom is -0.492 e. The zero-order chi connectivity index (χ0) is 20.5. The molecule has 0 amide bonds. The largest absolute Gasteiger partial charge is 0.492 e. The molecule has 1 aromatic carbocycles. The van der Waals surface area contributed by atoms with Crippen LogP contribution in [-0.4, -0.2) is 72.9 Å². The van der Waals surface area contributed by atoms with Crippen LogP contribution in [0.15, 0.2) is 41.7 Å². The quantitative estimate of drug-likeness (QED) is 0.525. The Labute approximate surface area is 166 Å². The van der Waals surface area contributed by atoms with Gasteiger partial charge in [0.2, 0.25) is 0 Å². The number of likely N-dealkylation sites (N-methyl/N-ethyl adjacent to an activating group) is 2. The number of benzene rings is 1. The Balaban J connectivity index is 1.96. The van der Waals surface area contributed by atoms with Crippen LogP contribution >= 0.6 is 0 Å². The predicted octanol–water partition coefficient (Wildman–Crippen LogP) is 2.14. The number of ether oxygens (including phenoxy) is 1. The van der Waals surface area contributed by atoms with E-state index >= 15 is 0 Å². The maximum atomic E-state index is 13.0. The lowest BCUT2D eigenvalue weighted by molar-refractivity contribution is 0.279. The van der Waals surface area contributed by atoms with Crippen molar-refractivity contribution in [1.82, 2.24) is 24.9 Å². The van der Waals surface area contributed by atoms with Crippen LogP contribution in [0.1, 0.15) is 18.5 Å². The SMILES string of the molecule is CCNC(=NCC(c1cnn(C)c1)N(C)C)N(C)CCOc1ccc(F)cc1. The highest BCUT2D eigenvalue weighted by atomic mass is 19.1. The first-order chi connectivity index (χ1) is 13.4. The molecule has 0 fully saturated rings. The lowest BCUT2D eigenvalue weighted by Crippen LogP contribution is -2.41. The van der Waals surface area contributed by atoms with Crippen LogP contribution in [0.5, 0.6) is 5.75 Å². The van der Waals surface area contributed by atoms with E-state index in [0.717, 1.165) is 18.1 Å². The van der Waals surface area contributed by atoms with Gasteiger partial charge < -0.3 is 19.9 Å². The molecule has 0 saturated heterocycles. The number of aryl methyl sites for hydroxylation is 1. The van der Waals surface area contributed by atoms with Crippen molar-refractivity contribution in [3.63, 3.8) is 0 Å². The van der Waals surface area contributed by atoms with Crippen molar-refractivity contribution >= 4 is 5.96 Å². The van der Waals surface area contributed by atoms with E-state index in [1.807, 2.05) is 52.4 Å². The van der Waals surface area contributed by atoms with Gasteiger partial charge in [-0.3, -0.25) is 9.67 Å². The molecule has 0 aliphatic carbocycles. The number of nitrogens with one attached hydrogen (secondary N) is 1. The number of halogens is 1. The summed E-state index contributed by atoms with van der Waals surface area (Å²) in [7, 11) is 7.98. The van der Waals surface area contributed by atoms with E-state index in [1.54, 1.807) is 16.8 Å². The van der Waals surface area contributed by atoms with E-state index in [2.05, 4.69) is 15.3 Å². The van der Waals surface area contributed by atoms with Gasteiger partial charge in [-0.1, -0.05) is 0 Å². The topological polar surface area (TPSA) is 57.9 Å². The Morgan fingerprint density at radius 3 is 2.57 bits per heavy atom. The van der Waals surface area contributed by atoms with E-state index in [4.69, 9.17) is 9.73 Å². The normalized spacial score (nSPS) is 12.9. The Hall–Kier alpha value is -2.61. The standard InChI is InChI=1S/C20H31FN6O/c1-6-22-20(23-14-19(25(2)3)16-13-24-27(5)15-16)26(4)11-12-28-18-9-7-17(21)8-10-18/h7-10,13,15,19H,6,11-12,14H2,1-5H3,(H,22,23). The summed E-state index contributed by atoms with van der Waals surface area (Å²) in [6, 6.07) is 6.19. The van der Waals surface area contributed by atoms with Crippen molar-refractivity contribution in [2.75, 3.05) is 47.4 Å². The first-order valence-corrected chi connectivity index (χ1v) is 9.43. The number of guanidine groups is 1. The molecule has 2 aromatic rings. The highest BCUT2D eigenvalue weighted by molar-refractivity contribution is 5.79. The summed E-state index contributed by atoms with van der Waals surface area (Å²) in [6.45, 7) is 4.57. The summed E-state index contributed by atoms with van der Waals surface area (Å²) in [5.74, 6) is 1.21. The molecule has 154 valence electrons. The molecular weight excluding hydrogens is 359 g/mol. The molecule has 0 aliphatic rings. The zero-order valence-electron chi connectivity index (χ0n) is 17.4. The second-order valence-electron chi connectivity index (χ2n) is 6.85. The lowest BCUT2D eigenvalue weighted by Gasteiger charge is -2.25. The van der Waals surface area contributed by atoms with Crippen molar-refractivity contribution in [1.29, 1.82) is 0 Å². The minimum absolute atomic E-state index is 0.145. The van der Waals surface area contributed by atoms with Crippen molar-refractivity contribution in [2.24, 2.45) is 12.0 Å². The van der Waals surface area contributed by atoms with E-state index in [9.17, 15) is 4.39 Å². The zero-order valence-corrected chi connectivity index (χ0v) is 17.4. The Morgan fingerprint density at radius 2 is 2.00 bits per heavy atom. The van der Waals surface area contributed by atoms with Crippen molar-refractivity contribution < 1.29 is 9.13 Å². The van der Waals surface area contributed by atoms with Crippen molar-refractivity contribution in [3.8, 4) is 5.75 Å². The second-order valence-corrected chi connectivity index (χ2v) is 6.85. The smallest absolute Gasteiger partial charge is 0.193 e. The van der Waals surface area contributed by atoms with Crippen molar-refractivity contribution in [3.05, 3.63) is 48.0 Å². The average Bonchev–Trinajstić information content (AvgIpc) is 3.08. The van der Waals surface area contributed by atoms with Crippen LogP contribution in [0.2, 0.25) is 0 Å². The van der Waals surface area contributed by atoms with Crippen molar-refractivity contribution in [2.45, 2.75) is 13.0 Å². The number of aromatic nitrogens is 2. The molecule has 1 unspecified atom stereocenters. The molecule has 8 heteroatoms. The van der Waals surface area contributed by atoms with Gasteiger partial charge in [-0.2, -0.15) is 5.10 Å². The second kappa shape index (κ2) is 10.7. The molecule has 7 nitrogen and oxygen atoms in total. The summed E-state index contributed by atoms with van der Waals surface area (Å²) in [5, 5.41) is 7.59. The predicted molar refractivity (Wildman–Crippen MR) is 110 cm³/mol.